The molecule has 1 aliphatic heterocycles. The van der Waals surface area contributed by atoms with Crippen LogP contribution in [0.15, 0.2) is 0 Å². The van der Waals surface area contributed by atoms with Crippen molar-refractivity contribution in [1.29, 1.82) is 0 Å². The van der Waals surface area contributed by atoms with Gasteiger partial charge in [-0.1, -0.05) is 6.42 Å². The molecule has 0 aromatic rings. The Hall–Kier alpha value is -0.0400. The molecule has 1 heteroatoms. The third-order valence-electron chi connectivity index (χ3n) is 2.25. The number of hydrogen-bond acceptors (Lipinski definition) is 1. The van der Waals surface area contributed by atoms with Gasteiger partial charge in [-0.15, -0.1) is 0 Å². The molecule has 0 amide bonds. The van der Waals surface area contributed by atoms with Gasteiger partial charge in [0.25, 0.3) is 0 Å². The topological polar surface area (TPSA) is 3.24 Å². The van der Waals surface area contributed by atoms with Crippen molar-refractivity contribution in [3.63, 3.8) is 0 Å². The number of nitrogens with zero attached hydrogens (tertiary/aromatic N) is 1. The van der Waals surface area contributed by atoms with Gasteiger partial charge < -0.3 is 0 Å². The number of likely N-dealkylation sites (tertiary alicyclic amines) is 1. The zero-order valence-corrected chi connectivity index (χ0v) is 5.84. The van der Waals surface area contributed by atoms with Gasteiger partial charge in [-0.3, -0.25) is 4.90 Å². The third kappa shape index (κ3) is 1.26. The van der Waals surface area contributed by atoms with E-state index in [0.29, 0.717) is 0 Å². The normalized spacial score (nSPS) is 30.7. The van der Waals surface area contributed by atoms with Crippen LogP contribution >= 0.6 is 0 Å². The summed E-state index contributed by atoms with van der Waals surface area (Å²) in [6.45, 7) is 3.74. The molecule has 0 atom stereocenters. The summed E-state index contributed by atoms with van der Waals surface area (Å²) in [4.78, 5) is 2.55. The fraction of sp³-hybridized carbons (Fsp3) is 0.875. The van der Waals surface area contributed by atoms with E-state index in [2.05, 4.69) is 11.4 Å². The minimum absolute atomic E-state index is 0.963. The van der Waals surface area contributed by atoms with Gasteiger partial charge in [-0.2, -0.15) is 0 Å². The molecule has 0 N–H and O–H groups in total. The molecule has 1 heterocycles. The summed E-state index contributed by atoms with van der Waals surface area (Å²) in [5, 5.41) is 0. The Kier molecular flexibility index (Phi) is 1.46. The monoisotopic (exact) mass is 124 g/mol. The highest BCUT2D eigenvalue weighted by Gasteiger charge is 2.29. The lowest BCUT2D eigenvalue weighted by Crippen LogP contribution is -2.27. The molecule has 51 valence electrons. The lowest BCUT2D eigenvalue weighted by molar-refractivity contribution is 0.272. The van der Waals surface area contributed by atoms with Crippen molar-refractivity contribution < 1.29 is 0 Å². The molecule has 0 aromatic heterocycles. The molecule has 2 aliphatic rings. The zero-order valence-electron chi connectivity index (χ0n) is 5.84. The molecule has 0 spiro atoms. The van der Waals surface area contributed by atoms with Crippen molar-refractivity contribution >= 4 is 0 Å². The fourth-order valence-electron chi connectivity index (χ4n) is 1.52. The zero-order chi connectivity index (χ0) is 6.10. The highest BCUT2D eigenvalue weighted by molar-refractivity contribution is 4.90. The second kappa shape index (κ2) is 2.30. The molecular formula is C8H14N. The summed E-state index contributed by atoms with van der Waals surface area (Å²) in [6.07, 6.45) is 7.08. The fourth-order valence-corrected chi connectivity index (χ4v) is 1.52. The maximum atomic E-state index is 2.55. The van der Waals surface area contributed by atoms with Gasteiger partial charge in [-0.05, 0) is 32.2 Å². The van der Waals surface area contributed by atoms with Crippen molar-refractivity contribution in [2.45, 2.75) is 38.1 Å². The second-order valence-electron chi connectivity index (χ2n) is 3.15. The summed E-state index contributed by atoms with van der Waals surface area (Å²) in [6, 6.07) is 0.963. The van der Waals surface area contributed by atoms with Crippen LogP contribution in [-0.4, -0.2) is 17.5 Å². The molecular weight excluding hydrogens is 110 g/mol. The predicted octanol–water partition coefficient (Wildman–Crippen LogP) is 1.80. The van der Waals surface area contributed by atoms with Crippen LogP contribution in [0.5, 0.6) is 0 Å². The molecule has 0 aromatic carbocycles. The molecule has 0 bridgehead atoms. The Morgan fingerprint density at radius 3 is 2.67 bits per heavy atom. The Morgan fingerprint density at radius 2 is 2.11 bits per heavy atom. The third-order valence-corrected chi connectivity index (χ3v) is 2.25. The minimum Gasteiger partial charge on any atom is -0.296 e. The van der Waals surface area contributed by atoms with E-state index >= 15 is 0 Å². The average Bonchev–Trinajstić information content (AvgIpc) is 2.71. The van der Waals surface area contributed by atoms with Crippen LogP contribution in [0.25, 0.3) is 0 Å². The van der Waals surface area contributed by atoms with Crippen molar-refractivity contribution in [2.75, 3.05) is 6.54 Å². The van der Waals surface area contributed by atoms with E-state index in [1.165, 1.54) is 38.6 Å². The van der Waals surface area contributed by atoms with Gasteiger partial charge in [0.05, 0.1) is 0 Å². The quantitative estimate of drug-likeness (QED) is 0.515. The van der Waals surface area contributed by atoms with Gasteiger partial charge in [0.1, 0.15) is 0 Å². The average molecular weight is 124 g/mol. The van der Waals surface area contributed by atoms with Crippen LogP contribution in [0.2, 0.25) is 0 Å². The van der Waals surface area contributed by atoms with Crippen LogP contribution < -0.4 is 0 Å². The summed E-state index contributed by atoms with van der Waals surface area (Å²) in [7, 11) is 0. The Labute approximate surface area is 57.0 Å². The molecule has 2 rings (SSSR count). The number of hydrogen-bond donors (Lipinski definition) is 0. The van der Waals surface area contributed by atoms with Crippen molar-refractivity contribution in [1.82, 2.24) is 4.90 Å². The van der Waals surface area contributed by atoms with Gasteiger partial charge in [-0.25, -0.2) is 0 Å². The van der Waals surface area contributed by atoms with E-state index in [1.807, 2.05) is 0 Å². The molecule has 1 nitrogen and oxygen atoms in total. The smallest absolute Gasteiger partial charge is 0.0254 e. The largest absolute Gasteiger partial charge is 0.296 e. The van der Waals surface area contributed by atoms with Crippen LogP contribution in [-0.2, 0) is 0 Å². The van der Waals surface area contributed by atoms with Crippen molar-refractivity contribution in [3.8, 4) is 0 Å². The second-order valence-corrected chi connectivity index (χ2v) is 3.15. The number of piperidine rings is 1. The van der Waals surface area contributed by atoms with Crippen LogP contribution in [0, 0.1) is 6.54 Å². The molecule has 1 radical (unpaired) electrons. The van der Waals surface area contributed by atoms with Crippen molar-refractivity contribution in [2.24, 2.45) is 0 Å². The van der Waals surface area contributed by atoms with Gasteiger partial charge >= 0.3 is 0 Å². The van der Waals surface area contributed by atoms with Crippen LogP contribution in [0.3, 0.4) is 0 Å². The highest BCUT2D eigenvalue weighted by Crippen LogP contribution is 2.30. The van der Waals surface area contributed by atoms with Crippen molar-refractivity contribution in [3.05, 3.63) is 6.54 Å². The summed E-state index contributed by atoms with van der Waals surface area (Å²) < 4.78 is 0. The Bertz CT molecular complexity index is 90.7. The maximum absolute atomic E-state index is 2.55. The van der Waals surface area contributed by atoms with Crippen LogP contribution in [0.1, 0.15) is 32.1 Å². The lowest BCUT2D eigenvalue weighted by Gasteiger charge is -2.25. The van der Waals surface area contributed by atoms with Gasteiger partial charge in [0, 0.05) is 12.6 Å². The van der Waals surface area contributed by atoms with E-state index in [0.717, 1.165) is 6.04 Å². The van der Waals surface area contributed by atoms with E-state index < -0.39 is 0 Å². The van der Waals surface area contributed by atoms with E-state index in [4.69, 9.17) is 0 Å². The minimum atomic E-state index is 0.963. The number of rotatable bonds is 1. The van der Waals surface area contributed by atoms with Gasteiger partial charge in [0.2, 0.25) is 0 Å². The molecule has 1 saturated heterocycles. The Morgan fingerprint density at radius 1 is 1.22 bits per heavy atom. The first-order valence-corrected chi connectivity index (χ1v) is 4.06. The standard InChI is InChI=1S/C8H14N/c1-2-6-9(7-3-1)8-4-5-8/h6,8H,1-5,7H2. The molecule has 1 aliphatic carbocycles. The van der Waals surface area contributed by atoms with E-state index in [9.17, 15) is 0 Å². The molecule has 0 unspecified atom stereocenters. The molecule has 9 heavy (non-hydrogen) atoms. The van der Waals surface area contributed by atoms with E-state index in [1.54, 1.807) is 0 Å². The molecule has 2 fully saturated rings. The first-order valence-electron chi connectivity index (χ1n) is 4.06. The SMILES string of the molecule is [CH]1CCCCN1C1CC1. The summed E-state index contributed by atoms with van der Waals surface area (Å²) in [5.41, 5.74) is 0. The van der Waals surface area contributed by atoms with Crippen LogP contribution in [0.4, 0.5) is 0 Å². The van der Waals surface area contributed by atoms with Gasteiger partial charge in [0.15, 0.2) is 0 Å². The highest BCUT2D eigenvalue weighted by atomic mass is 15.2. The van der Waals surface area contributed by atoms with E-state index in [-0.39, 0.29) is 0 Å². The first-order chi connectivity index (χ1) is 4.47. The first kappa shape index (κ1) is 5.72. The summed E-state index contributed by atoms with van der Waals surface area (Å²) in [5.74, 6) is 0. The lowest BCUT2D eigenvalue weighted by atomic mass is 10.1. The summed E-state index contributed by atoms with van der Waals surface area (Å²) >= 11 is 0. The predicted molar refractivity (Wildman–Crippen MR) is 37.9 cm³/mol. The maximum Gasteiger partial charge on any atom is 0.0254 e. The Balaban J connectivity index is 1.80. The molecule has 1 saturated carbocycles.